The van der Waals surface area contributed by atoms with Crippen LogP contribution in [-0.4, -0.2) is 35.0 Å². The van der Waals surface area contributed by atoms with Crippen LogP contribution in [0.25, 0.3) is 0 Å². The molecule has 5 heteroatoms. The molecule has 0 unspecified atom stereocenters. The van der Waals surface area contributed by atoms with E-state index < -0.39 is 0 Å². The van der Waals surface area contributed by atoms with Gasteiger partial charge in [-0.3, -0.25) is 9.97 Å². The van der Waals surface area contributed by atoms with Gasteiger partial charge in [-0.25, -0.2) is 0 Å². The van der Waals surface area contributed by atoms with Crippen molar-refractivity contribution in [2.75, 3.05) is 20.1 Å². The first-order valence-electron chi connectivity index (χ1n) is 11.8. The van der Waals surface area contributed by atoms with E-state index in [-0.39, 0.29) is 5.41 Å². The van der Waals surface area contributed by atoms with E-state index in [0.29, 0.717) is 0 Å². The van der Waals surface area contributed by atoms with E-state index in [1.54, 1.807) is 0 Å². The Balaban J connectivity index is 1.46. The molecule has 0 bridgehead atoms. The van der Waals surface area contributed by atoms with Gasteiger partial charge in [-0.15, -0.1) is 0 Å². The molecule has 2 aromatic heterocycles. The van der Waals surface area contributed by atoms with Gasteiger partial charge in [0.15, 0.2) is 0 Å². The van der Waals surface area contributed by atoms with Crippen molar-refractivity contribution in [2.24, 2.45) is 0 Å². The monoisotopic (exact) mass is 464 g/mol. The summed E-state index contributed by atoms with van der Waals surface area (Å²) in [7, 11) is 2.17. The number of nitrogens with zero attached hydrogens (tertiary/aromatic N) is 3. The van der Waals surface area contributed by atoms with E-state index in [9.17, 15) is 0 Å². The Morgan fingerprint density at radius 2 is 1.76 bits per heavy atom. The predicted octanol–water partition coefficient (Wildman–Crippen LogP) is 6.07. The van der Waals surface area contributed by atoms with Crippen molar-refractivity contribution in [2.45, 2.75) is 59.0 Å². The van der Waals surface area contributed by atoms with E-state index in [1.807, 2.05) is 30.6 Å². The molecule has 0 radical (unpaired) electrons. The highest BCUT2D eigenvalue weighted by molar-refractivity contribution is 6.30. The highest BCUT2D eigenvalue weighted by Gasteiger charge is 2.26. The summed E-state index contributed by atoms with van der Waals surface area (Å²) in [6.07, 6.45) is 6.13. The van der Waals surface area contributed by atoms with Crippen LogP contribution in [0.4, 0.5) is 0 Å². The van der Waals surface area contributed by atoms with Crippen LogP contribution in [0.3, 0.4) is 0 Å². The SMILES string of the molecule is Cc1cnc(CN(C)CCCCNCc2ncccc2C(C)(C)c2ccc(Cl)cc2)c(C)c1. The fourth-order valence-electron chi connectivity index (χ4n) is 4.25. The van der Waals surface area contributed by atoms with Crippen molar-refractivity contribution in [3.05, 3.63) is 93.5 Å². The zero-order chi connectivity index (χ0) is 23.8. The first-order chi connectivity index (χ1) is 15.8. The fraction of sp³-hybridized carbons (Fsp3) is 0.429. The molecule has 1 aromatic carbocycles. The maximum Gasteiger partial charge on any atom is 0.0582 e. The van der Waals surface area contributed by atoms with Gasteiger partial charge in [-0.1, -0.05) is 49.7 Å². The van der Waals surface area contributed by atoms with Gasteiger partial charge in [-0.05, 0) is 87.3 Å². The summed E-state index contributed by atoms with van der Waals surface area (Å²) in [6.45, 7) is 12.4. The van der Waals surface area contributed by atoms with Gasteiger partial charge in [0.1, 0.15) is 0 Å². The Labute approximate surface area is 204 Å². The molecular formula is C28H37ClN4. The molecule has 176 valence electrons. The molecule has 1 N–H and O–H groups in total. The summed E-state index contributed by atoms with van der Waals surface area (Å²) in [5.41, 5.74) is 7.13. The molecule has 33 heavy (non-hydrogen) atoms. The number of rotatable bonds is 11. The minimum atomic E-state index is -0.138. The lowest BCUT2D eigenvalue weighted by Gasteiger charge is -2.28. The summed E-state index contributed by atoms with van der Waals surface area (Å²) in [6, 6.07) is 14.6. The number of benzene rings is 1. The van der Waals surface area contributed by atoms with Gasteiger partial charge in [0.25, 0.3) is 0 Å². The number of hydrogen-bond acceptors (Lipinski definition) is 4. The second-order valence-electron chi connectivity index (χ2n) is 9.53. The van der Waals surface area contributed by atoms with Crippen molar-refractivity contribution in [3.63, 3.8) is 0 Å². The van der Waals surface area contributed by atoms with E-state index in [0.717, 1.165) is 49.7 Å². The van der Waals surface area contributed by atoms with Crippen LogP contribution in [0, 0.1) is 13.8 Å². The molecule has 0 aliphatic heterocycles. The predicted molar refractivity (Wildman–Crippen MR) is 139 cm³/mol. The molecule has 0 saturated heterocycles. The number of halogens is 1. The molecule has 0 aliphatic carbocycles. The van der Waals surface area contributed by atoms with Crippen LogP contribution in [-0.2, 0) is 18.5 Å². The molecule has 3 rings (SSSR count). The second-order valence-corrected chi connectivity index (χ2v) is 9.96. The van der Waals surface area contributed by atoms with Gasteiger partial charge < -0.3 is 10.2 Å². The number of aromatic nitrogens is 2. The van der Waals surface area contributed by atoms with Crippen molar-refractivity contribution >= 4 is 11.6 Å². The Morgan fingerprint density at radius 3 is 2.48 bits per heavy atom. The molecule has 0 saturated carbocycles. The third kappa shape index (κ3) is 7.10. The second kappa shape index (κ2) is 11.7. The first-order valence-corrected chi connectivity index (χ1v) is 12.2. The van der Waals surface area contributed by atoms with Crippen molar-refractivity contribution < 1.29 is 0 Å². The third-order valence-corrected chi connectivity index (χ3v) is 6.56. The highest BCUT2D eigenvalue weighted by atomic mass is 35.5. The third-order valence-electron chi connectivity index (χ3n) is 6.31. The molecule has 0 amide bonds. The Morgan fingerprint density at radius 1 is 1.00 bits per heavy atom. The molecular weight excluding hydrogens is 428 g/mol. The lowest BCUT2D eigenvalue weighted by Crippen LogP contribution is -2.25. The number of pyridine rings is 2. The Hall–Kier alpha value is -2.27. The molecule has 3 aromatic rings. The Bertz CT molecular complexity index is 1030. The standard InChI is InChI=1S/C28H37ClN4/c1-21-17-22(2)27(32-18-21)20-33(5)16-7-6-14-30-19-26-25(9-8-15-31-26)28(3,4)23-10-12-24(29)13-11-23/h8-13,15,17-18,30H,6-7,14,16,19-20H2,1-5H3. The van der Waals surface area contributed by atoms with E-state index in [2.05, 4.69) is 74.2 Å². The number of unbranched alkanes of at least 4 members (excludes halogenated alkanes) is 1. The van der Waals surface area contributed by atoms with E-state index >= 15 is 0 Å². The maximum absolute atomic E-state index is 6.09. The minimum absolute atomic E-state index is 0.138. The van der Waals surface area contributed by atoms with Gasteiger partial charge in [0, 0.05) is 35.9 Å². The van der Waals surface area contributed by atoms with Crippen molar-refractivity contribution in [3.8, 4) is 0 Å². The molecule has 0 fully saturated rings. The minimum Gasteiger partial charge on any atom is -0.311 e. The summed E-state index contributed by atoms with van der Waals surface area (Å²) < 4.78 is 0. The van der Waals surface area contributed by atoms with Crippen LogP contribution in [0.15, 0.2) is 54.9 Å². The quantitative estimate of drug-likeness (QED) is 0.349. The van der Waals surface area contributed by atoms with Crippen LogP contribution in [0.2, 0.25) is 5.02 Å². The van der Waals surface area contributed by atoms with Crippen LogP contribution in [0.1, 0.15) is 60.3 Å². The molecule has 0 aliphatic rings. The summed E-state index contributed by atoms with van der Waals surface area (Å²) >= 11 is 6.09. The van der Waals surface area contributed by atoms with Gasteiger partial charge >= 0.3 is 0 Å². The van der Waals surface area contributed by atoms with Gasteiger partial charge in [0.05, 0.1) is 11.4 Å². The van der Waals surface area contributed by atoms with Crippen molar-refractivity contribution in [1.82, 2.24) is 20.2 Å². The average Bonchev–Trinajstić information content (AvgIpc) is 2.78. The smallest absolute Gasteiger partial charge is 0.0582 e. The summed E-state index contributed by atoms with van der Waals surface area (Å²) in [5, 5.41) is 4.36. The molecule has 4 nitrogen and oxygen atoms in total. The van der Waals surface area contributed by atoms with Crippen LogP contribution in [0.5, 0.6) is 0 Å². The number of hydrogen-bond donors (Lipinski definition) is 1. The lowest BCUT2D eigenvalue weighted by molar-refractivity contribution is 0.313. The largest absolute Gasteiger partial charge is 0.311 e. The average molecular weight is 465 g/mol. The number of aryl methyl sites for hydroxylation is 2. The number of nitrogens with one attached hydrogen (secondary N) is 1. The van der Waals surface area contributed by atoms with Crippen molar-refractivity contribution in [1.29, 1.82) is 0 Å². The topological polar surface area (TPSA) is 41.1 Å². The lowest BCUT2D eigenvalue weighted by atomic mass is 9.77. The normalized spacial score (nSPS) is 11.8. The molecule has 2 heterocycles. The summed E-state index contributed by atoms with van der Waals surface area (Å²) in [5.74, 6) is 0. The summed E-state index contributed by atoms with van der Waals surface area (Å²) in [4.78, 5) is 11.6. The zero-order valence-corrected chi connectivity index (χ0v) is 21.4. The zero-order valence-electron chi connectivity index (χ0n) is 20.7. The molecule has 0 atom stereocenters. The Kier molecular flexibility index (Phi) is 9.02. The fourth-order valence-corrected chi connectivity index (χ4v) is 4.38. The first kappa shape index (κ1) is 25.4. The van der Waals surface area contributed by atoms with Gasteiger partial charge in [0.2, 0.25) is 0 Å². The van der Waals surface area contributed by atoms with Gasteiger partial charge in [-0.2, -0.15) is 0 Å². The van der Waals surface area contributed by atoms with E-state index in [1.165, 1.54) is 27.9 Å². The van der Waals surface area contributed by atoms with Crippen LogP contribution >= 0.6 is 11.6 Å². The highest BCUT2D eigenvalue weighted by Crippen LogP contribution is 2.33. The van der Waals surface area contributed by atoms with Crippen LogP contribution < -0.4 is 5.32 Å². The molecule has 0 spiro atoms. The van der Waals surface area contributed by atoms with E-state index in [4.69, 9.17) is 16.6 Å². The maximum atomic E-state index is 6.09.